The lowest BCUT2D eigenvalue weighted by atomic mass is 9.94. The van der Waals surface area contributed by atoms with Crippen molar-refractivity contribution in [3.8, 4) is 0 Å². The number of hydrogen-bond acceptors (Lipinski definition) is 2. The molecule has 2 atom stereocenters. The number of piperidine rings is 1. The van der Waals surface area contributed by atoms with Gasteiger partial charge in [0.2, 0.25) is 0 Å². The summed E-state index contributed by atoms with van der Waals surface area (Å²) in [6.07, 6.45) is 7.51. The van der Waals surface area contributed by atoms with Gasteiger partial charge in [0.1, 0.15) is 0 Å². The van der Waals surface area contributed by atoms with Gasteiger partial charge >= 0.3 is 6.03 Å². The number of urea groups is 1. The minimum absolute atomic E-state index is 0.299. The van der Waals surface area contributed by atoms with Gasteiger partial charge in [0.05, 0.1) is 0 Å². The molecule has 0 spiro atoms. The van der Waals surface area contributed by atoms with E-state index in [1.54, 1.807) is 0 Å². The van der Waals surface area contributed by atoms with Crippen molar-refractivity contribution in [2.24, 2.45) is 5.92 Å². The van der Waals surface area contributed by atoms with Crippen LogP contribution < -0.4 is 5.32 Å². The Morgan fingerprint density at radius 2 is 1.72 bits per heavy atom. The van der Waals surface area contributed by atoms with Crippen molar-refractivity contribution >= 4 is 6.03 Å². The monoisotopic (exact) mass is 251 g/mol. The Labute approximate surface area is 110 Å². The minimum Gasteiger partial charge on any atom is -0.325 e. The summed E-state index contributed by atoms with van der Waals surface area (Å²) in [7, 11) is 0. The van der Waals surface area contributed by atoms with Crippen LogP contribution in [0.5, 0.6) is 0 Å². The van der Waals surface area contributed by atoms with E-state index in [-0.39, 0.29) is 0 Å². The molecule has 0 radical (unpaired) electrons. The van der Waals surface area contributed by atoms with Crippen LogP contribution in [0.15, 0.2) is 0 Å². The number of rotatable bonds is 0. The van der Waals surface area contributed by atoms with Gasteiger partial charge in [-0.2, -0.15) is 0 Å². The Kier molecular flexibility index (Phi) is 3.73. The standard InChI is InChI=1S/C14H25N3O/c18-14(16-8-3-1-2-4-9-16)17-10-12-6-5-7-15-13(12)11-17/h12-13,15H,1-11H2. The van der Waals surface area contributed by atoms with Gasteiger partial charge < -0.3 is 15.1 Å². The number of carbonyl (C=O) groups is 1. The molecule has 3 heterocycles. The first-order chi connectivity index (χ1) is 8.84. The van der Waals surface area contributed by atoms with Gasteiger partial charge in [-0.1, -0.05) is 12.8 Å². The Bertz CT molecular complexity index is 285. The largest absolute Gasteiger partial charge is 0.325 e. The van der Waals surface area contributed by atoms with Gasteiger partial charge in [-0.25, -0.2) is 4.79 Å². The molecule has 3 saturated heterocycles. The molecule has 0 saturated carbocycles. The maximum atomic E-state index is 12.5. The van der Waals surface area contributed by atoms with Gasteiger partial charge in [0, 0.05) is 32.2 Å². The van der Waals surface area contributed by atoms with Crippen LogP contribution in [0.4, 0.5) is 4.79 Å². The quantitative estimate of drug-likeness (QED) is 0.711. The first-order valence-corrected chi connectivity index (χ1v) is 7.62. The molecule has 0 aromatic carbocycles. The molecule has 0 bridgehead atoms. The summed E-state index contributed by atoms with van der Waals surface area (Å²) in [6.45, 7) is 4.98. The Morgan fingerprint density at radius 1 is 0.944 bits per heavy atom. The molecular weight excluding hydrogens is 226 g/mol. The van der Waals surface area contributed by atoms with Crippen LogP contribution in [0.2, 0.25) is 0 Å². The number of likely N-dealkylation sites (tertiary alicyclic amines) is 2. The number of carbonyl (C=O) groups excluding carboxylic acids is 1. The Hall–Kier alpha value is -0.770. The molecule has 2 unspecified atom stereocenters. The topological polar surface area (TPSA) is 35.6 Å². The fraction of sp³-hybridized carbons (Fsp3) is 0.929. The second-order valence-corrected chi connectivity index (χ2v) is 6.05. The highest BCUT2D eigenvalue weighted by Gasteiger charge is 2.37. The van der Waals surface area contributed by atoms with Crippen molar-refractivity contribution in [1.29, 1.82) is 0 Å². The van der Waals surface area contributed by atoms with Crippen molar-refractivity contribution < 1.29 is 4.79 Å². The van der Waals surface area contributed by atoms with Gasteiger partial charge in [-0.3, -0.25) is 0 Å². The van der Waals surface area contributed by atoms with Crippen LogP contribution >= 0.6 is 0 Å². The fourth-order valence-corrected chi connectivity index (χ4v) is 3.66. The van der Waals surface area contributed by atoms with Gasteiger partial charge in [-0.15, -0.1) is 0 Å². The van der Waals surface area contributed by atoms with Gasteiger partial charge in [-0.05, 0) is 38.1 Å². The zero-order valence-electron chi connectivity index (χ0n) is 11.2. The van der Waals surface area contributed by atoms with E-state index >= 15 is 0 Å². The number of hydrogen-bond donors (Lipinski definition) is 1. The molecule has 2 amide bonds. The van der Waals surface area contributed by atoms with Crippen LogP contribution in [-0.4, -0.2) is 54.6 Å². The van der Waals surface area contributed by atoms with Crippen molar-refractivity contribution in [2.75, 3.05) is 32.7 Å². The van der Waals surface area contributed by atoms with E-state index in [2.05, 4.69) is 15.1 Å². The number of nitrogens with zero attached hydrogens (tertiary/aromatic N) is 2. The average Bonchev–Trinajstić information content (AvgIpc) is 2.64. The smallest absolute Gasteiger partial charge is 0.320 e. The zero-order chi connectivity index (χ0) is 12.4. The third-order valence-electron chi connectivity index (χ3n) is 4.75. The summed E-state index contributed by atoms with van der Waals surface area (Å²) in [5, 5.41) is 3.57. The van der Waals surface area contributed by atoms with E-state index in [4.69, 9.17) is 0 Å². The molecule has 0 aromatic rings. The maximum absolute atomic E-state index is 12.5. The molecule has 4 nitrogen and oxygen atoms in total. The van der Waals surface area contributed by atoms with Gasteiger partial charge in [0.25, 0.3) is 0 Å². The Balaban J connectivity index is 1.59. The normalized spacial score (nSPS) is 33.1. The second kappa shape index (κ2) is 5.47. The van der Waals surface area contributed by atoms with Crippen LogP contribution in [0, 0.1) is 5.92 Å². The van der Waals surface area contributed by atoms with Crippen molar-refractivity contribution in [3.05, 3.63) is 0 Å². The lowest BCUT2D eigenvalue weighted by Gasteiger charge is -2.27. The molecule has 3 aliphatic heterocycles. The molecule has 4 heteroatoms. The number of nitrogens with one attached hydrogen (secondary N) is 1. The maximum Gasteiger partial charge on any atom is 0.320 e. The summed E-state index contributed by atoms with van der Waals surface area (Å²) < 4.78 is 0. The fourth-order valence-electron chi connectivity index (χ4n) is 3.66. The van der Waals surface area contributed by atoms with Gasteiger partial charge in [0.15, 0.2) is 0 Å². The molecule has 102 valence electrons. The molecule has 3 rings (SSSR count). The average molecular weight is 251 g/mol. The van der Waals surface area contributed by atoms with Crippen molar-refractivity contribution in [3.63, 3.8) is 0 Å². The second-order valence-electron chi connectivity index (χ2n) is 6.05. The highest BCUT2D eigenvalue weighted by atomic mass is 16.2. The summed E-state index contributed by atoms with van der Waals surface area (Å²) in [6, 6.07) is 0.864. The van der Waals surface area contributed by atoms with Crippen LogP contribution in [0.25, 0.3) is 0 Å². The summed E-state index contributed by atoms with van der Waals surface area (Å²) in [5.41, 5.74) is 0. The molecule has 1 N–H and O–H groups in total. The molecular formula is C14H25N3O. The lowest BCUT2D eigenvalue weighted by molar-refractivity contribution is 0.162. The lowest BCUT2D eigenvalue weighted by Crippen LogP contribution is -2.44. The molecule has 0 aliphatic carbocycles. The predicted molar refractivity (Wildman–Crippen MR) is 71.5 cm³/mol. The molecule has 3 aliphatic rings. The Morgan fingerprint density at radius 3 is 2.44 bits per heavy atom. The number of fused-ring (bicyclic) bond motifs is 1. The van der Waals surface area contributed by atoms with E-state index in [1.165, 1.54) is 38.5 Å². The third-order valence-corrected chi connectivity index (χ3v) is 4.75. The van der Waals surface area contributed by atoms with E-state index in [0.717, 1.165) is 32.7 Å². The summed E-state index contributed by atoms with van der Waals surface area (Å²) >= 11 is 0. The molecule has 18 heavy (non-hydrogen) atoms. The highest BCUT2D eigenvalue weighted by molar-refractivity contribution is 5.75. The van der Waals surface area contributed by atoms with Crippen molar-refractivity contribution in [2.45, 2.75) is 44.6 Å². The highest BCUT2D eigenvalue weighted by Crippen LogP contribution is 2.26. The minimum atomic E-state index is 0.299. The predicted octanol–water partition coefficient (Wildman–Crippen LogP) is 1.67. The van der Waals surface area contributed by atoms with E-state index in [9.17, 15) is 4.79 Å². The van der Waals surface area contributed by atoms with Crippen LogP contribution in [0.3, 0.4) is 0 Å². The van der Waals surface area contributed by atoms with E-state index < -0.39 is 0 Å². The van der Waals surface area contributed by atoms with E-state index in [0.29, 0.717) is 18.0 Å². The first-order valence-electron chi connectivity index (χ1n) is 7.62. The van der Waals surface area contributed by atoms with Crippen molar-refractivity contribution in [1.82, 2.24) is 15.1 Å². The zero-order valence-corrected chi connectivity index (χ0v) is 11.2. The third kappa shape index (κ3) is 2.48. The van der Waals surface area contributed by atoms with Crippen LogP contribution in [0.1, 0.15) is 38.5 Å². The first kappa shape index (κ1) is 12.3. The molecule has 3 fully saturated rings. The number of amides is 2. The summed E-state index contributed by atoms with van der Waals surface area (Å²) in [5.74, 6) is 0.703. The SMILES string of the molecule is O=C(N1CCCCCC1)N1CC2CCCNC2C1. The molecule has 0 aromatic heterocycles. The summed E-state index contributed by atoms with van der Waals surface area (Å²) in [4.78, 5) is 16.7. The van der Waals surface area contributed by atoms with E-state index in [1.807, 2.05) is 0 Å². The van der Waals surface area contributed by atoms with Crippen LogP contribution in [-0.2, 0) is 0 Å².